The summed E-state index contributed by atoms with van der Waals surface area (Å²) in [6, 6.07) is 8.11. The van der Waals surface area contributed by atoms with Gasteiger partial charge in [-0.3, -0.25) is 4.79 Å². The molecule has 0 radical (unpaired) electrons. The second-order valence-electron chi connectivity index (χ2n) is 6.87. The Morgan fingerprint density at radius 3 is 2.77 bits per heavy atom. The molecule has 1 aromatic carbocycles. The SMILES string of the molecule is Cc1onc(-c2c(F)cccc2Cl)c1C(=O)NCc1ccc(N2CCOCC2)nc1. The number of pyridine rings is 1. The van der Waals surface area contributed by atoms with Crippen molar-refractivity contribution in [3.63, 3.8) is 0 Å². The van der Waals surface area contributed by atoms with E-state index in [1.54, 1.807) is 13.1 Å². The predicted molar refractivity (Wildman–Crippen MR) is 110 cm³/mol. The van der Waals surface area contributed by atoms with Gasteiger partial charge in [-0.25, -0.2) is 9.37 Å². The van der Waals surface area contributed by atoms with Gasteiger partial charge in [0.2, 0.25) is 0 Å². The molecule has 1 saturated heterocycles. The number of morpholine rings is 1. The van der Waals surface area contributed by atoms with Crippen molar-refractivity contribution >= 4 is 23.3 Å². The van der Waals surface area contributed by atoms with Crippen molar-refractivity contribution in [3.05, 3.63) is 64.3 Å². The lowest BCUT2D eigenvalue weighted by Crippen LogP contribution is -2.36. The van der Waals surface area contributed by atoms with Crippen molar-refractivity contribution in [1.82, 2.24) is 15.5 Å². The zero-order valence-corrected chi connectivity index (χ0v) is 17.1. The summed E-state index contributed by atoms with van der Waals surface area (Å²) >= 11 is 6.13. The van der Waals surface area contributed by atoms with E-state index in [0.717, 1.165) is 24.5 Å². The van der Waals surface area contributed by atoms with Crippen molar-refractivity contribution in [2.75, 3.05) is 31.2 Å². The summed E-state index contributed by atoms with van der Waals surface area (Å²) < 4.78 is 24.8. The lowest BCUT2D eigenvalue weighted by Gasteiger charge is -2.27. The first-order chi connectivity index (χ1) is 14.5. The average Bonchev–Trinajstić information content (AvgIpc) is 3.14. The van der Waals surface area contributed by atoms with Crippen LogP contribution >= 0.6 is 11.6 Å². The Morgan fingerprint density at radius 1 is 1.27 bits per heavy atom. The number of carbonyl (C=O) groups excluding carboxylic acids is 1. The summed E-state index contributed by atoms with van der Waals surface area (Å²) in [4.78, 5) is 19.4. The maximum Gasteiger partial charge on any atom is 0.257 e. The number of aryl methyl sites for hydroxylation is 1. The Bertz CT molecular complexity index is 1030. The smallest absolute Gasteiger partial charge is 0.257 e. The van der Waals surface area contributed by atoms with Gasteiger partial charge in [0.05, 0.1) is 23.8 Å². The van der Waals surface area contributed by atoms with Crippen LogP contribution in [-0.2, 0) is 11.3 Å². The second-order valence-corrected chi connectivity index (χ2v) is 7.27. The van der Waals surface area contributed by atoms with Gasteiger partial charge in [-0.1, -0.05) is 28.9 Å². The van der Waals surface area contributed by atoms with E-state index in [1.807, 2.05) is 12.1 Å². The summed E-state index contributed by atoms with van der Waals surface area (Å²) in [5.41, 5.74) is 1.10. The minimum Gasteiger partial charge on any atom is -0.378 e. The van der Waals surface area contributed by atoms with Gasteiger partial charge in [0.25, 0.3) is 5.91 Å². The molecule has 156 valence electrons. The van der Waals surface area contributed by atoms with Gasteiger partial charge in [-0.05, 0) is 30.7 Å². The van der Waals surface area contributed by atoms with Gasteiger partial charge in [0.15, 0.2) is 0 Å². The lowest BCUT2D eigenvalue weighted by molar-refractivity contribution is 0.0950. The molecule has 1 aliphatic heterocycles. The number of ether oxygens (including phenoxy) is 1. The molecule has 0 bridgehead atoms. The third kappa shape index (κ3) is 4.15. The zero-order chi connectivity index (χ0) is 21.1. The van der Waals surface area contributed by atoms with Crippen LogP contribution in [0.3, 0.4) is 0 Å². The number of amides is 1. The second kappa shape index (κ2) is 8.81. The third-order valence-electron chi connectivity index (χ3n) is 4.89. The van der Waals surface area contributed by atoms with E-state index in [1.165, 1.54) is 18.2 Å². The van der Waals surface area contributed by atoms with Crippen LogP contribution in [-0.4, -0.2) is 42.4 Å². The molecule has 30 heavy (non-hydrogen) atoms. The molecule has 3 heterocycles. The van der Waals surface area contributed by atoms with Crippen LogP contribution in [0.2, 0.25) is 5.02 Å². The van der Waals surface area contributed by atoms with E-state index in [2.05, 4.69) is 20.4 Å². The van der Waals surface area contributed by atoms with Gasteiger partial charge in [-0.2, -0.15) is 0 Å². The van der Waals surface area contributed by atoms with E-state index in [-0.39, 0.29) is 34.1 Å². The van der Waals surface area contributed by atoms with E-state index < -0.39 is 11.7 Å². The fourth-order valence-corrected chi connectivity index (χ4v) is 3.56. The van der Waals surface area contributed by atoms with E-state index in [4.69, 9.17) is 20.9 Å². The first kappa shape index (κ1) is 20.3. The van der Waals surface area contributed by atoms with Crippen LogP contribution < -0.4 is 10.2 Å². The van der Waals surface area contributed by atoms with Crippen LogP contribution in [0.25, 0.3) is 11.3 Å². The number of carbonyl (C=O) groups is 1. The Balaban J connectivity index is 1.48. The van der Waals surface area contributed by atoms with Crippen molar-refractivity contribution < 1.29 is 18.4 Å². The van der Waals surface area contributed by atoms with E-state index in [0.29, 0.717) is 13.2 Å². The fourth-order valence-electron chi connectivity index (χ4n) is 3.31. The van der Waals surface area contributed by atoms with Gasteiger partial charge >= 0.3 is 0 Å². The molecule has 1 amide bonds. The molecule has 0 spiro atoms. The van der Waals surface area contributed by atoms with Crippen LogP contribution in [0.15, 0.2) is 41.1 Å². The number of nitrogens with one attached hydrogen (secondary N) is 1. The number of hydrogen-bond acceptors (Lipinski definition) is 6. The quantitative estimate of drug-likeness (QED) is 0.666. The molecule has 3 aromatic rings. The zero-order valence-electron chi connectivity index (χ0n) is 16.3. The van der Waals surface area contributed by atoms with Gasteiger partial charge < -0.3 is 19.5 Å². The molecule has 0 unspecified atom stereocenters. The summed E-state index contributed by atoms with van der Waals surface area (Å²) in [5.74, 6) is 0.149. The number of hydrogen-bond donors (Lipinski definition) is 1. The molecular formula is C21H20ClFN4O3. The number of benzene rings is 1. The third-order valence-corrected chi connectivity index (χ3v) is 5.20. The van der Waals surface area contributed by atoms with Crippen LogP contribution in [0, 0.1) is 12.7 Å². The highest BCUT2D eigenvalue weighted by Gasteiger charge is 2.25. The van der Waals surface area contributed by atoms with Crippen LogP contribution in [0.4, 0.5) is 10.2 Å². The first-order valence-electron chi connectivity index (χ1n) is 9.51. The molecular weight excluding hydrogens is 411 g/mol. The number of rotatable bonds is 5. The maximum atomic E-state index is 14.3. The number of aromatic nitrogens is 2. The molecule has 4 rings (SSSR count). The van der Waals surface area contributed by atoms with Crippen molar-refractivity contribution in [2.24, 2.45) is 0 Å². The monoisotopic (exact) mass is 430 g/mol. The van der Waals surface area contributed by atoms with Crippen molar-refractivity contribution in [2.45, 2.75) is 13.5 Å². The van der Waals surface area contributed by atoms with Crippen LogP contribution in [0.5, 0.6) is 0 Å². The minimum absolute atomic E-state index is 0.0395. The molecule has 0 saturated carbocycles. The van der Waals surface area contributed by atoms with E-state index >= 15 is 0 Å². The molecule has 2 aromatic heterocycles. The Kier molecular flexibility index (Phi) is 5.96. The van der Waals surface area contributed by atoms with Gasteiger partial charge in [-0.15, -0.1) is 0 Å². The highest BCUT2D eigenvalue weighted by Crippen LogP contribution is 2.33. The highest BCUT2D eigenvalue weighted by molar-refractivity contribution is 6.33. The summed E-state index contributed by atoms with van der Waals surface area (Å²) in [6.45, 7) is 4.83. The topological polar surface area (TPSA) is 80.5 Å². The van der Waals surface area contributed by atoms with Gasteiger partial charge in [0.1, 0.15) is 28.7 Å². The minimum atomic E-state index is -0.576. The average molecular weight is 431 g/mol. The highest BCUT2D eigenvalue weighted by atomic mass is 35.5. The molecule has 0 atom stereocenters. The van der Waals surface area contributed by atoms with Crippen molar-refractivity contribution in [3.8, 4) is 11.3 Å². The summed E-state index contributed by atoms with van der Waals surface area (Å²) in [7, 11) is 0. The standard InChI is InChI=1S/C21H20ClFN4O3/c1-13-18(20(26-30-13)19-15(22)3-2-4-16(19)23)21(28)25-12-14-5-6-17(24-11-14)27-7-9-29-10-8-27/h2-6,11H,7-10,12H2,1H3,(H,25,28). The largest absolute Gasteiger partial charge is 0.378 e. The maximum absolute atomic E-state index is 14.3. The predicted octanol–water partition coefficient (Wildman–Crippen LogP) is 3.60. The summed E-state index contributed by atoms with van der Waals surface area (Å²) in [5, 5.41) is 6.82. The Hall–Kier alpha value is -2.97. The Labute approximate surface area is 177 Å². The van der Waals surface area contributed by atoms with Gasteiger partial charge in [0, 0.05) is 25.8 Å². The summed E-state index contributed by atoms with van der Waals surface area (Å²) in [6.07, 6.45) is 1.72. The number of halogens is 2. The molecule has 9 heteroatoms. The molecule has 0 aliphatic carbocycles. The fraction of sp³-hybridized carbons (Fsp3) is 0.286. The number of nitrogens with zero attached hydrogens (tertiary/aromatic N) is 3. The molecule has 1 N–H and O–H groups in total. The number of anilines is 1. The normalized spacial score (nSPS) is 14.0. The van der Waals surface area contributed by atoms with Crippen LogP contribution in [0.1, 0.15) is 21.7 Å². The first-order valence-corrected chi connectivity index (χ1v) is 9.89. The molecule has 1 fully saturated rings. The lowest BCUT2D eigenvalue weighted by atomic mass is 10.0. The van der Waals surface area contributed by atoms with Crippen molar-refractivity contribution in [1.29, 1.82) is 0 Å². The van der Waals surface area contributed by atoms with E-state index in [9.17, 15) is 9.18 Å². The molecule has 7 nitrogen and oxygen atoms in total. The molecule has 1 aliphatic rings. The Morgan fingerprint density at radius 2 is 2.07 bits per heavy atom.